The van der Waals surface area contributed by atoms with Crippen LogP contribution in [-0.4, -0.2) is 0 Å². The minimum Gasteiger partial charge on any atom is -0.358 e. The van der Waals surface area contributed by atoms with Crippen molar-refractivity contribution < 1.29 is 19.5 Å². The normalized spacial score (nSPS) is 6.14. The predicted octanol–water partition coefficient (Wildman–Crippen LogP) is 4.56. The van der Waals surface area contributed by atoms with Crippen molar-refractivity contribution in [3.8, 4) is 0 Å². The van der Waals surface area contributed by atoms with Crippen LogP contribution in [-0.2, 0) is 19.5 Å². The largest absolute Gasteiger partial charge is 2.00 e. The molecule has 1 aromatic rings. The van der Waals surface area contributed by atoms with Gasteiger partial charge in [-0.15, -0.1) is 6.58 Å². The van der Waals surface area contributed by atoms with Crippen LogP contribution >= 0.6 is 0 Å². The van der Waals surface area contributed by atoms with Gasteiger partial charge in [0.1, 0.15) is 0 Å². The van der Waals surface area contributed by atoms with E-state index in [2.05, 4.69) is 13.5 Å². The first-order valence-electron chi connectivity index (χ1n) is 3.91. The van der Waals surface area contributed by atoms with Gasteiger partial charge in [-0.2, -0.15) is 0 Å². The standard InChI is InChI=1S/C6H6.C5H10.2CH3.Ru/c1-2-4-6-5-3-1;1-4-5(2)3;;;/h1-6H;2,4H2,1,3H3;2*1H3;/q;;2*-1;+2. The van der Waals surface area contributed by atoms with E-state index in [0.29, 0.717) is 0 Å². The zero-order chi connectivity index (χ0) is 8.53. The van der Waals surface area contributed by atoms with Crippen molar-refractivity contribution >= 4 is 0 Å². The molecule has 0 saturated heterocycles. The summed E-state index contributed by atoms with van der Waals surface area (Å²) < 4.78 is 0. The summed E-state index contributed by atoms with van der Waals surface area (Å²) in [5, 5.41) is 0. The van der Waals surface area contributed by atoms with Crippen LogP contribution < -0.4 is 0 Å². The first kappa shape index (κ1) is 23.4. The van der Waals surface area contributed by atoms with Crippen molar-refractivity contribution in [3.05, 3.63) is 63.4 Å². The van der Waals surface area contributed by atoms with Gasteiger partial charge >= 0.3 is 19.5 Å². The maximum Gasteiger partial charge on any atom is 2.00 e. The Morgan fingerprint density at radius 3 is 1.14 bits per heavy atom. The molecule has 14 heavy (non-hydrogen) atoms. The molecule has 0 N–H and O–H groups in total. The Kier molecular flexibility index (Phi) is 30.8. The van der Waals surface area contributed by atoms with Gasteiger partial charge in [0.15, 0.2) is 0 Å². The second kappa shape index (κ2) is 18.4. The van der Waals surface area contributed by atoms with Gasteiger partial charge in [0.2, 0.25) is 0 Å². The van der Waals surface area contributed by atoms with Crippen molar-refractivity contribution in [1.82, 2.24) is 0 Å². The van der Waals surface area contributed by atoms with E-state index >= 15 is 0 Å². The van der Waals surface area contributed by atoms with Crippen LogP contribution in [0.4, 0.5) is 0 Å². The SMILES string of the molecule is C=C(C)CC.[CH3-].[CH3-].[Ru+2].c1ccccc1. The maximum atomic E-state index is 3.67. The molecule has 1 aromatic carbocycles. The summed E-state index contributed by atoms with van der Waals surface area (Å²) in [6, 6.07) is 12.0. The third-order valence-electron chi connectivity index (χ3n) is 1.27. The van der Waals surface area contributed by atoms with E-state index in [4.69, 9.17) is 0 Å². The topological polar surface area (TPSA) is 0 Å². The van der Waals surface area contributed by atoms with Crippen LogP contribution in [0.5, 0.6) is 0 Å². The van der Waals surface area contributed by atoms with Crippen molar-refractivity contribution in [3.63, 3.8) is 0 Å². The van der Waals surface area contributed by atoms with Crippen LogP contribution in [0.3, 0.4) is 0 Å². The molecule has 0 aliphatic rings. The van der Waals surface area contributed by atoms with E-state index in [9.17, 15) is 0 Å². The van der Waals surface area contributed by atoms with E-state index in [0.717, 1.165) is 6.42 Å². The van der Waals surface area contributed by atoms with Crippen LogP contribution in [0.1, 0.15) is 20.3 Å². The number of rotatable bonds is 1. The smallest absolute Gasteiger partial charge is 0.358 e. The van der Waals surface area contributed by atoms with Gasteiger partial charge in [0.05, 0.1) is 0 Å². The molecule has 0 spiro atoms. The van der Waals surface area contributed by atoms with Crippen LogP contribution in [0, 0.1) is 14.9 Å². The van der Waals surface area contributed by atoms with E-state index in [-0.39, 0.29) is 34.3 Å². The Morgan fingerprint density at radius 2 is 1.07 bits per heavy atom. The van der Waals surface area contributed by atoms with Gasteiger partial charge in [0, 0.05) is 0 Å². The van der Waals surface area contributed by atoms with Gasteiger partial charge in [-0.1, -0.05) is 48.9 Å². The monoisotopic (exact) mass is 280 g/mol. The summed E-state index contributed by atoms with van der Waals surface area (Å²) in [7, 11) is 0. The van der Waals surface area contributed by atoms with Crippen LogP contribution in [0.25, 0.3) is 0 Å². The number of allylic oxidation sites excluding steroid dienone is 1. The predicted molar refractivity (Wildman–Crippen MR) is 64.4 cm³/mol. The first-order chi connectivity index (χ1) is 5.27. The zero-order valence-electron chi connectivity index (χ0n) is 9.73. The van der Waals surface area contributed by atoms with E-state index in [1.54, 1.807) is 0 Å². The summed E-state index contributed by atoms with van der Waals surface area (Å²) in [6.07, 6.45) is 1.11. The van der Waals surface area contributed by atoms with Gasteiger partial charge in [0.25, 0.3) is 0 Å². The van der Waals surface area contributed by atoms with Gasteiger partial charge in [-0.05, 0) is 13.3 Å². The Hall–Kier alpha value is -0.417. The van der Waals surface area contributed by atoms with E-state index in [1.165, 1.54) is 5.57 Å². The Balaban J connectivity index is -0.0000000597. The maximum absolute atomic E-state index is 3.67. The van der Waals surface area contributed by atoms with Crippen LogP contribution in [0.2, 0.25) is 0 Å². The quantitative estimate of drug-likeness (QED) is 0.402. The molecule has 0 aliphatic heterocycles. The van der Waals surface area contributed by atoms with Crippen molar-refractivity contribution in [1.29, 1.82) is 0 Å². The number of hydrogen-bond donors (Lipinski definition) is 0. The average Bonchev–Trinajstić information content (AvgIpc) is 2.09. The van der Waals surface area contributed by atoms with Crippen molar-refractivity contribution in [2.45, 2.75) is 20.3 Å². The average molecular weight is 279 g/mol. The molecule has 82 valence electrons. The fourth-order valence-corrected chi connectivity index (χ4v) is 0.385. The minimum absolute atomic E-state index is 0. The van der Waals surface area contributed by atoms with Crippen molar-refractivity contribution in [2.75, 3.05) is 0 Å². The fraction of sp³-hybridized carbons (Fsp3) is 0.231. The Labute approximate surface area is 103 Å². The molecule has 1 heteroatoms. The molecule has 0 nitrogen and oxygen atoms in total. The summed E-state index contributed by atoms with van der Waals surface area (Å²) in [5.41, 5.74) is 1.25. The fourth-order valence-electron chi connectivity index (χ4n) is 0.385. The molecule has 0 aromatic heterocycles. The number of benzene rings is 1. The van der Waals surface area contributed by atoms with E-state index < -0.39 is 0 Å². The third-order valence-corrected chi connectivity index (χ3v) is 1.27. The first-order valence-corrected chi connectivity index (χ1v) is 3.91. The molecule has 0 fully saturated rings. The third kappa shape index (κ3) is 22.6. The van der Waals surface area contributed by atoms with Crippen molar-refractivity contribution in [2.24, 2.45) is 0 Å². The second-order valence-electron chi connectivity index (χ2n) is 2.47. The molecule has 1 rings (SSSR count). The molecule has 0 bridgehead atoms. The summed E-state index contributed by atoms with van der Waals surface area (Å²) in [6.45, 7) is 7.80. The van der Waals surface area contributed by atoms with E-state index in [1.807, 2.05) is 43.3 Å². The molecule has 0 heterocycles. The molecule has 0 radical (unpaired) electrons. The summed E-state index contributed by atoms with van der Waals surface area (Å²) in [4.78, 5) is 0. The molecule has 0 atom stereocenters. The number of hydrogen-bond acceptors (Lipinski definition) is 0. The van der Waals surface area contributed by atoms with Gasteiger partial charge in [-0.3, -0.25) is 0 Å². The Bertz CT molecular complexity index is 153. The zero-order valence-corrected chi connectivity index (χ0v) is 11.5. The van der Waals surface area contributed by atoms with Gasteiger partial charge in [-0.25, -0.2) is 0 Å². The molecule has 0 unspecified atom stereocenters. The molecular formula is C13H22Ru. The molecule has 0 amide bonds. The summed E-state index contributed by atoms with van der Waals surface area (Å²) >= 11 is 0. The minimum atomic E-state index is 0. The van der Waals surface area contributed by atoms with Gasteiger partial charge < -0.3 is 14.9 Å². The molecule has 0 saturated carbocycles. The summed E-state index contributed by atoms with van der Waals surface area (Å²) in [5.74, 6) is 0. The van der Waals surface area contributed by atoms with Crippen LogP contribution in [0.15, 0.2) is 48.6 Å². The molecule has 0 aliphatic carbocycles. The molecular weight excluding hydrogens is 257 g/mol. The second-order valence-corrected chi connectivity index (χ2v) is 2.47. The Morgan fingerprint density at radius 1 is 0.929 bits per heavy atom.